The van der Waals surface area contributed by atoms with Crippen molar-refractivity contribution < 1.29 is 22.7 Å². The van der Waals surface area contributed by atoms with Gasteiger partial charge in [-0.3, -0.25) is 9.62 Å². The Balaban J connectivity index is 1.84. The number of rotatable bonds is 3. The molecule has 1 amide bonds. The van der Waals surface area contributed by atoms with Crippen molar-refractivity contribution in [3.8, 4) is 5.88 Å². The molecule has 1 aromatic heterocycles. The SMILES string of the molecule is CC(C)(C)OC(=O)Nc1cnc2c(c1)N(S(=O)(=O)C1CC1)CCO2. The van der Waals surface area contributed by atoms with E-state index in [0.29, 0.717) is 24.2 Å². The molecule has 9 heteroatoms. The smallest absolute Gasteiger partial charge is 0.412 e. The number of sulfonamides is 1. The van der Waals surface area contributed by atoms with Crippen LogP contribution in [0.1, 0.15) is 33.6 Å². The number of nitrogens with one attached hydrogen (secondary N) is 1. The molecule has 1 N–H and O–H groups in total. The summed E-state index contributed by atoms with van der Waals surface area (Å²) in [5.74, 6) is 0.250. The van der Waals surface area contributed by atoms with E-state index in [9.17, 15) is 13.2 Å². The Bertz CT molecular complexity index is 753. The zero-order valence-electron chi connectivity index (χ0n) is 13.9. The van der Waals surface area contributed by atoms with Gasteiger partial charge >= 0.3 is 6.09 Å². The fourth-order valence-electron chi connectivity index (χ4n) is 2.38. The molecule has 0 atom stereocenters. The first kappa shape index (κ1) is 16.8. The van der Waals surface area contributed by atoms with Crippen LogP contribution in [0, 0.1) is 0 Å². The van der Waals surface area contributed by atoms with Crippen LogP contribution >= 0.6 is 0 Å². The summed E-state index contributed by atoms with van der Waals surface area (Å²) in [6, 6.07) is 1.55. The summed E-state index contributed by atoms with van der Waals surface area (Å²) in [4.78, 5) is 16.0. The van der Waals surface area contributed by atoms with E-state index >= 15 is 0 Å². The molecule has 132 valence electrons. The van der Waals surface area contributed by atoms with E-state index in [1.165, 1.54) is 10.5 Å². The van der Waals surface area contributed by atoms with Gasteiger partial charge in [0.25, 0.3) is 0 Å². The highest BCUT2D eigenvalue weighted by Gasteiger charge is 2.42. The van der Waals surface area contributed by atoms with Crippen molar-refractivity contribution in [1.29, 1.82) is 0 Å². The van der Waals surface area contributed by atoms with Crippen LogP contribution in [-0.4, -0.2) is 43.5 Å². The number of fused-ring (bicyclic) bond motifs is 1. The Morgan fingerprint density at radius 2 is 2.12 bits per heavy atom. The van der Waals surface area contributed by atoms with Crippen LogP contribution in [0.25, 0.3) is 0 Å². The Morgan fingerprint density at radius 3 is 2.75 bits per heavy atom. The van der Waals surface area contributed by atoms with Crippen LogP contribution in [0.5, 0.6) is 5.88 Å². The van der Waals surface area contributed by atoms with Gasteiger partial charge in [0.1, 0.15) is 17.9 Å². The quantitative estimate of drug-likeness (QED) is 0.892. The molecule has 0 bridgehead atoms. The van der Waals surface area contributed by atoms with E-state index in [-0.39, 0.29) is 24.3 Å². The molecule has 1 fully saturated rings. The standard InChI is InChI=1S/C15H21N3O5S/c1-15(2,3)23-14(19)17-10-8-12-13(16-9-10)22-7-6-18(12)24(20,21)11-4-5-11/h8-9,11H,4-7H2,1-3H3,(H,17,19). The maximum atomic E-state index is 12.6. The first-order chi connectivity index (χ1) is 11.2. The fourth-order valence-corrected chi connectivity index (χ4v) is 4.20. The van der Waals surface area contributed by atoms with Crippen LogP contribution in [-0.2, 0) is 14.8 Å². The highest BCUT2D eigenvalue weighted by molar-refractivity contribution is 7.93. The topological polar surface area (TPSA) is 97.8 Å². The van der Waals surface area contributed by atoms with Crippen molar-refractivity contribution in [1.82, 2.24) is 4.98 Å². The number of anilines is 2. The monoisotopic (exact) mass is 355 g/mol. The molecule has 0 radical (unpaired) electrons. The second-order valence-electron chi connectivity index (χ2n) is 6.84. The van der Waals surface area contributed by atoms with Gasteiger partial charge in [0.2, 0.25) is 15.9 Å². The number of carbonyl (C=O) groups is 1. The van der Waals surface area contributed by atoms with Gasteiger partial charge in [-0.25, -0.2) is 18.2 Å². The molecule has 1 aromatic rings. The molecule has 0 saturated heterocycles. The van der Waals surface area contributed by atoms with E-state index in [2.05, 4.69) is 10.3 Å². The summed E-state index contributed by atoms with van der Waals surface area (Å²) < 4.78 is 37.1. The molecule has 3 rings (SSSR count). The van der Waals surface area contributed by atoms with Gasteiger partial charge < -0.3 is 9.47 Å². The maximum Gasteiger partial charge on any atom is 0.412 e. The van der Waals surface area contributed by atoms with Crippen molar-refractivity contribution >= 4 is 27.5 Å². The van der Waals surface area contributed by atoms with E-state index in [0.717, 1.165) is 0 Å². The summed E-state index contributed by atoms with van der Waals surface area (Å²) in [6.07, 6.45) is 2.14. The second-order valence-corrected chi connectivity index (χ2v) is 8.98. The summed E-state index contributed by atoms with van der Waals surface area (Å²) in [5.41, 5.74) is 0.0714. The Morgan fingerprint density at radius 1 is 1.42 bits per heavy atom. The Kier molecular flexibility index (Phi) is 4.06. The highest BCUT2D eigenvalue weighted by Crippen LogP contribution is 2.39. The van der Waals surface area contributed by atoms with E-state index < -0.39 is 21.7 Å². The molecule has 24 heavy (non-hydrogen) atoms. The lowest BCUT2D eigenvalue weighted by molar-refractivity contribution is 0.0636. The van der Waals surface area contributed by atoms with Gasteiger partial charge in [-0.05, 0) is 39.7 Å². The predicted molar refractivity (Wildman–Crippen MR) is 88.9 cm³/mol. The summed E-state index contributed by atoms with van der Waals surface area (Å²) in [7, 11) is -3.41. The second kappa shape index (κ2) is 5.80. The molecule has 1 saturated carbocycles. The van der Waals surface area contributed by atoms with Crippen molar-refractivity contribution in [2.75, 3.05) is 22.8 Å². The third kappa shape index (κ3) is 3.55. The molecular weight excluding hydrogens is 334 g/mol. The molecule has 0 unspecified atom stereocenters. The number of amides is 1. The van der Waals surface area contributed by atoms with Crippen molar-refractivity contribution in [2.24, 2.45) is 0 Å². The van der Waals surface area contributed by atoms with Crippen LogP contribution < -0.4 is 14.4 Å². The molecule has 2 aliphatic rings. The minimum Gasteiger partial charge on any atom is -0.474 e. The van der Waals surface area contributed by atoms with E-state index in [1.54, 1.807) is 26.8 Å². The Hall–Kier alpha value is -2.03. The lowest BCUT2D eigenvalue weighted by Crippen LogP contribution is -2.40. The lowest BCUT2D eigenvalue weighted by atomic mass is 10.2. The number of aromatic nitrogens is 1. The van der Waals surface area contributed by atoms with Crippen molar-refractivity contribution in [3.05, 3.63) is 12.3 Å². The van der Waals surface area contributed by atoms with Gasteiger partial charge in [-0.2, -0.15) is 0 Å². The minimum atomic E-state index is -3.41. The van der Waals surface area contributed by atoms with Crippen LogP contribution in [0.4, 0.5) is 16.2 Å². The third-order valence-corrected chi connectivity index (χ3v) is 5.84. The average Bonchev–Trinajstić information content (AvgIpc) is 3.29. The summed E-state index contributed by atoms with van der Waals surface area (Å²) in [6.45, 7) is 5.77. The number of ether oxygens (including phenoxy) is 2. The zero-order chi connectivity index (χ0) is 17.5. The molecule has 0 aromatic carbocycles. The van der Waals surface area contributed by atoms with E-state index in [4.69, 9.17) is 9.47 Å². The maximum absolute atomic E-state index is 12.6. The first-order valence-corrected chi connectivity index (χ1v) is 9.31. The number of hydrogen-bond donors (Lipinski definition) is 1. The largest absolute Gasteiger partial charge is 0.474 e. The lowest BCUT2D eigenvalue weighted by Gasteiger charge is -2.30. The van der Waals surface area contributed by atoms with E-state index in [1.807, 2.05) is 0 Å². The summed E-state index contributed by atoms with van der Waals surface area (Å²) in [5, 5.41) is 2.24. The van der Waals surface area contributed by atoms with Gasteiger partial charge in [0.15, 0.2) is 0 Å². The molecule has 1 aliphatic carbocycles. The summed E-state index contributed by atoms with van der Waals surface area (Å²) >= 11 is 0. The third-order valence-electron chi connectivity index (χ3n) is 3.53. The van der Waals surface area contributed by atoms with Crippen molar-refractivity contribution in [2.45, 2.75) is 44.5 Å². The van der Waals surface area contributed by atoms with Gasteiger partial charge in [-0.15, -0.1) is 0 Å². The average molecular weight is 355 g/mol. The molecule has 8 nitrogen and oxygen atoms in total. The zero-order valence-corrected chi connectivity index (χ0v) is 14.7. The number of pyridine rings is 1. The normalized spacial score (nSPS) is 17.7. The number of nitrogens with zero attached hydrogens (tertiary/aromatic N) is 2. The number of carbonyl (C=O) groups excluding carboxylic acids is 1. The highest BCUT2D eigenvalue weighted by atomic mass is 32.2. The van der Waals surface area contributed by atoms with Gasteiger partial charge in [-0.1, -0.05) is 0 Å². The molecule has 2 heterocycles. The van der Waals surface area contributed by atoms with Crippen LogP contribution in [0.3, 0.4) is 0 Å². The predicted octanol–water partition coefficient (Wildman–Crippen LogP) is 2.12. The molecule has 0 spiro atoms. The number of hydrogen-bond acceptors (Lipinski definition) is 6. The Labute approximate surface area is 141 Å². The molecular formula is C15H21N3O5S. The minimum absolute atomic E-state index is 0.239. The van der Waals surface area contributed by atoms with Crippen molar-refractivity contribution in [3.63, 3.8) is 0 Å². The van der Waals surface area contributed by atoms with Crippen LogP contribution in [0.2, 0.25) is 0 Å². The molecule has 1 aliphatic heterocycles. The van der Waals surface area contributed by atoms with Crippen LogP contribution in [0.15, 0.2) is 12.3 Å². The first-order valence-electron chi connectivity index (χ1n) is 7.81. The fraction of sp³-hybridized carbons (Fsp3) is 0.600. The van der Waals surface area contributed by atoms with Gasteiger partial charge in [0, 0.05) is 0 Å². The van der Waals surface area contributed by atoms with Gasteiger partial charge in [0.05, 0.1) is 23.7 Å².